The van der Waals surface area contributed by atoms with Crippen LogP contribution in [-0.2, 0) is 11.3 Å². The van der Waals surface area contributed by atoms with Gasteiger partial charge >= 0.3 is 0 Å². The Hall–Kier alpha value is -2.87. The zero-order valence-corrected chi connectivity index (χ0v) is 14.5. The maximum absolute atomic E-state index is 12.8. The summed E-state index contributed by atoms with van der Waals surface area (Å²) in [6.07, 6.45) is 0. The van der Waals surface area contributed by atoms with E-state index in [4.69, 9.17) is 17.0 Å². The minimum Gasteiger partial charge on any atom is -0.497 e. The average Bonchev–Trinajstić information content (AvgIpc) is 2.64. The molecule has 0 spiro atoms. The van der Waals surface area contributed by atoms with Crippen molar-refractivity contribution in [2.75, 3.05) is 19.0 Å². The fourth-order valence-electron chi connectivity index (χ4n) is 1.89. The third-order valence-electron chi connectivity index (χ3n) is 3.22. The van der Waals surface area contributed by atoms with E-state index in [2.05, 4.69) is 21.5 Å². The first-order valence-electron chi connectivity index (χ1n) is 7.52. The number of amides is 1. The lowest BCUT2D eigenvalue weighted by Gasteiger charge is -2.12. The van der Waals surface area contributed by atoms with Crippen molar-refractivity contribution in [3.8, 4) is 5.75 Å². The van der Waals surface area contributed by atoms with Crippen LogP contribution >= 0.6 is 12.2 Å². The van der Waals surface area contributed by atoms with Gasteiger partial charge < -0.3 is 15.4 Å². The Morgan fingerprint density at radius 3 is 2.40 bits per heavy atom. The molecule has 1 amide bonds. The second-order valence-electron chi connectivity index (χ2n) is 5.06. The van der Waals surface area contributed by atoms with Gasteiger partial charge in [-0.1, -0.05) is 12.1 Å². The molecule has 132 valence electrons. The molecule has 2 aromatic rings. The molecular formula is C17H19FN4O2S. The molecule has 0 fully saturated rings. The van der Waals surface area contributed by atoms with Gasteiger partial charge in [-0.05, 0) is 54.2 Å². The van der Waals surface area contributed by atoms with Crippen LogP contribution in [0.1, 0.15) is 5.56 Å². The third kappa shape index (κ3) is 6.64. The summed E-state index contributed by atoms with van der Waals surface area (Å²) in [5, 5.41) is 6.15. The molecule has 4 N–H and O–H groups in total. The van der Waals surface area contributed by atoms with Gasteiger partial charge in [0.15, 0.2) is 5.11 Å². The highest BCUT2D eigenvalue weighted by Gasteiger charge is 2.03. The van der Waals surface area contributed by atoms with E-state index in [9.17, 15) is 9.18 Å². The van der Waals surface area contributed by atoms with Gasteiger partial charge in [0.2, 0.25) is 0 Å². The first-order valence-corrected chi connectivity index (χ1v) is 7.92. The Kier molecular flexibility index (Phi) is 6.97. The molecule has 0 unspecified atom stereocenters. The summed E-state index contributed by atoms with van der Waals surface area (Å²) in [6, 6.07) is 13.3. The van der Waals surface area contributed by atoms with Crippen molar-refractivity contribution >= 4 is 28.9 Å². The van der Waals surface area contributed by atoms with Gasteiger partial charge in [-0.15, -0.1) is 0 Å². The van der Waals surface area contributed by atoms with Crippen LogP contribution < -0.4 is 26.2 Å². The Morgan fingerprint density at radius 1 is 1.08 bits per heavy atom. The molecule has 0 saturated heterocycles. The predicted molar refractivity (Wildman–Crippen MR) is 98.6 cm³/mol. The van der Waals surface area contributed by atoms with Gasteiger partial charge in [-0.25, -0.2) is 4.39 Å². The number of carbonyl (C=O) groups is 1. The molecule has 0 aliphatic heterocycles. The second-order valence-corrected chi connectivity index (χ2v) is 5.47. The van der Waals surface area contributed by atoms with E-state index in [1.54, 1.807) is 31.4 Å². The number of thiocarbonyl (C=S) groups is 1. The maximum Gasteiger partial charge on any atom is 0.257 e. The SMILES string of the molecule is COc1ccc(NCC(=O)NNC(=S)NCc2ccc(F)cc2)cc1. The highest BCUT2D eigenvalue weighted by atomic mass is 32.1. The highest BCUT2D eigenvalue weighted by Crippen LogP contribution is 2.14. The first kappa shape index (κ1) is 18.5. The lowest BCUT2D eigenvalue weighted by atomic mass is 10.2. The third-order valence-corrected chi connectivity index (χ3v) is 3.47. The van der Waals surface area contributed by atoms with Crippen LogP contribution in [0.4, 0.5) is 10.1 Å². The fourth-order valence-corrected chi connectivity index (χ4v) is 2.01. The summed E-state index contributed by atoms with van der Waals surface area (Å²) >= 11 is 5.06. The number of nitrogens with one attached hydrogen (secondary N) is 4. The Bertz CT molecular complexity index is 708. The molecule has 6 nitrogen and oxygen atoms in total. The molecule has 0 atom stereocenters. The molecule has 25 heavy (non-hydrogen) atoms. The Labute approximate surface area is 150 Å². The summed E-state index contributed by atoms with van der Waals surface area (Å²) in [5.41, 5.74) is 6.76. The summed E-state index contributed by atoms with van der Waals surface area (Å²) in [7, 11) is 1.59. The number of anilines is 1. The molecule has 0 aromatic heterocycles. The van der Waals surface area contributed by atoms with Crippen molar-refractivity contribution in [2.45, 2.75) is 6.54 Å². The lowest BCUT2D eigenvalue weighted by Crippen LogP contribution is -2.48. The molecule has 0 radical (unpaired) electrons. The van der Waals surface area contributed by atoms with Crippen molar-refractivity contribution in [2.24, 2.45) is 0 Å². The number of hydrogen-bond donors (Lipinski definition) is 4. The predicted octanol–water partition coefficient (Wildman–Crippen LogP) is 1.94. The number of halogens is 1. The van der Waals surface area contributed by atoms with E-state index in [1.807, 2.05) is 12.1 Å². The molecule has 0 aliphatic rings. The van der Waals surface area contributed by atoms with Gasteiger partial charge in [-0.3, -0.25) is 15.6 Å². The van der Waals surface area contributed by atoms with Crippen LogP contribution in [0.25, 0.3) is 0 Å². The van der Waals surface area contributed by atoms with Crippen LogP contribution in [0.5, 0.6) is 5.75 Å². The molecule has 8 heteroatoms. The van der Waals surface area contributed by atoms with Gasteiger partial charge in [0, 0.05) is 12.2 Å². The van der Waals surface area contributed by atoms with Crippen LogP contribution in [-0.4, -0.2) is 24.7 Å². The number of carbonyl (C=O) groups excluding carboxylic acids is 1. The molecule has 2 aromatic carbocycles. The number of benzene rings is 2. The normalized spacial score (nSPS) is 9.84. The summed E-state index contributed by atoms with van der Waals surface area (Å²) in [5.74, 6) is 0.178. The van der Waals surface area contributed by atoms with Gasteiger partial charge in [-0.2, -0.15) is 0 Å². The van der Waals surface area contributed by atoms with Crippen LogP contribution in [0.3, 0.4) is 0 Å². The Morgan fingerprint density at radius 2 is 1.76 bits per heavy atom. The lowest BCUT2D eigenvalue weighted by molar-refractivity contribution is -0.119. The van der Waals surface area contributed by atoms with E-state index in [0.717, 1.165) is 17.0 Å². The minimum absolute atomic E-state index is 0.0832. The fraction of sp³-hybridized carbons (Fsp3) is 0.176. The van der Waals surface area contributed by atoms with E-state index in [-0.39, 0.29) is 23.4 Å². The molecule has 0 aliphatic carbocycles. The van der Waals surface area contributed by atoms with E-state index in [0.29, 0.717) is 6.54 Å². The molecule has 0 saturated carbocycles. The largest absolute Gasteiger partial charge is 0.497 e. The van der Waals surface area contributed by atoms with Crippen molar-refractivity contribution < 1.29 is 13.9 Å². The van der Waals surface area contributed by atoms with Crippen LogP contribution in [0.15, 0.2) is 48.5 Å². The van der Waals surface area contributed by atoms with Crippen LogP contribution in [0, 0.1) is 5.82 Å². The van der Waals surface area contributed by atoms with Crippen LogP contribution in [0.2, 0.25) is 0 Å². The standard InChI is InChI=1S/C17H19FN4O2S/c1-24-15-8-6-14(7-9-15)19-11-16(23)21-22-17(25)20-10-12-2-4-13(18)5-3-12/h2-9,19H,10-11H2,1H3,(H,21,23)(H2,20,22,25). The van der Waals surface area contributed by atoms with E-state index in [1.165, 1.54) is 12.1 Å². The average molecular weight is 362 g/mol. The van der Waals surface area contributed by atoms with Crippen molar-refractivity contribution in [3.05, 3.63) is 59.9 Å². The van der Waals surface area contributed by atoms with Gasteiger partial charge in [0.25, 0.3) is 5.91 Å². The summed E-state index contributed by atoms with van der Waals surface area (Å²) in [6.45, 7) is 0.506. The Balaban J connectivity index is 1.64. The number of rotatable bonds is 6. The van der Waals surface area contributed by atoms with E-state index < -0.39 is 0 Å². The van der Waals surface area contributed by atoms with Gasteiger partial charge in [0.1, 0.15) is 11.6 Å². The summed E-state index contributed by atoms with van der Waals surface area (Å²) < 4.78 is 17.9. The molecule has 2 rings (SSSR count). The van der Waals surface area contributed by atoms with Crippen molar-refractivity contribution in [1.82, 2.24) is 16.2 Å². The topological polar surface area (TPSA) is 74.4 Å². The number of hydrogen-bond acceptors (Lipinski definition) is 4. The minimum atomic E-state index is -0.291. The zero-order valence-electron chi connectivity index (χ0n) is 13.6. The molecule has 0 bridgehead atoms. The quantitative estimate of drug-likeness (QED) is 0.465. The second kappa shape index (κ2) is 9.43. The monoisotopic (exact) mass is 362 g/mol. The van der Waals surface area contributed by atoms with Gasteiger partial charge in [0.05, 0.1) is 13.7 Å². The highest BCUT2D eigenvalue weighted by molar-refractivity contribution is 7.80. The van der Waals surface area contributed by atoms with Crippen molar-refractivity contribution in [3.63, 3.8) is 0 Å². The van der Waals surface area contributed by atoms with Crippen molar-refractivity contribution in [1.29, 1.82) is 0 Å². The summed E-state index contributed by atoms with van der Waals surface area (Å²) in [4.78, 5) is 11.8. The molecule has 0 heterocycles. The number of methoxy groups -OCH3 is 1. The smallest absolute Gasteiger partial charge is 0.257 e. The number of hydrazine groups is 1. The number of ether oxygens (including phenoxy) is 1. The van der Waals surface area contributed by atoms with E-state index >= 15 is 0 Å². The maximum atomic E-state index is 12.8. The first-order chi connectivity index (χ1) is 12.1. The molecular weight excluding hydrogens is 343 g/mol. The zero-order chi connectivity index (χ0) is 18.1.